The number of hydrogen-bond acceptors (Lipinski definition) is 4. The van der Waals surface area contributed by atoms with Gasteiger partial charge in [0.15, 0.2) is 0 Å². The number of carbonyl (C=O) groups is 1. The number of amides is 1. The smallest absolute Gasteiger partial charge is 0.410 e. The first-order valence-corrected chi connectivity index (χ1v) is 9.84. The fraction of sp³-hybridized carbons (Fsp3) is 0.409. The van der Waals surface area contributed by atoms with Gasteiger partial charge in [0.2, 0.25) is 0 Å². The first-order valence-electron chi connectivity index (χ1n) is 9.46. The van der Waals surface area contributed by atoms with Gasteiger partial charge in [-0.3, -0.25) is 0 Å². The van der Waals surface area contributed by atoms with Crippen LogP contribution in [0.15, 0.2) is 48.5 Å². The molecule has 5 nitrogen and oxygen atoms in total. The van der Waals surface area contributed by atoms with Crippen LogP contribution in [0.4, 0.5) is 4.79 Å². The van der Waals surface area contributed by atoms with Gasteiger partial charge in [0, 0.05) is 11.6 Å². The minimum absolute atomic E-state index is 0.0276. The summed E-state index contributed by atoms with van der Waals surface area (Å²) in [6.45, 7) is 6.77. The van der Waals surface area contributed by atoms with Crippen molar-refractivity contribution in [2.24, 2.45) is 0 Å². The maximum atomic E-state index is 12.3. The van der Waals surface area contributed by atoms with E-state index in [2.05, 4.69) is 0 Å². The monoisotopic (exact) mass is 403 g/mol. The van der Waals surface area contributed by atoms with E-state index in [4.69, 9.17) is 25.8 Å². The highest BCUT2D eigenvalue weighted by atomic mass is 35.5. The van der Waals surface area contributed by atoms with Crippen LogP contribution in [0.1, 0.15) is 33.6 Å². The lowest BCUT2D eigenvalue weighted by Gasteiger charge is -2.28. The van der Waals surface area contributed by atoms with E-state index in [0.29, 0.717) is 23.9 Å². The van der Waals surface area contributed by atoms with E-state index >= 15 is 0 Å². The fourth-order valence-corrected chi connectivity index (χ4v) is 3.13. The summed E-state index contributed by atoms with van der Waals surface area (Å²) in [4.78, 5) is 14.1. The normalized spacial score (nSPS) is 16.7. The van der Waals surface area contributed by atoms with Crippen LogP contribution in [0.2, 0.25) is 5.02 Å². The van der Waals surface area contributed by atoms with E-state index in [1.54, 1.807) is 17.0 Å². The van der Waals surface area contributed by atoms with Crippen LogP contribution in [-0.2, 0) is 4.74 Å². The first kappa shape index (κ1) is 20.3. The van der Waals surface area contributed by atoms with Crippen molar-refractivity contribution in [1.82, 2.24) is 4.90 Å². The Hall–Kier alpha value is -2.40. The topological polar surface area (TPSA) is 48.0 Å². The number of nitrogens with zero attached hydrogens (tertiary/aromatic N) is 1. The summed E-state index contributed by atoms with van der Waals surface area (Å²) >= 11 is 5.88. The Balaban J connectivity index is 1.52. The average molecular weight is 404 g/mol. The molecular weight excluding hydrogens is 378 g/mol. The maximum absolute atomic E-state index is 12.3. The molecule has 6 heteroatoms. The van der Waals surface area contributed by atoms with Crippen LogP contribution in [0.3, 0.4) is 0 Å². The Bertz CT molecular complexity index is 784. The van der Waals surface area contributed by atoms with Crippen LogP contribution < -0.4 is 9.47 Å². The third-order valence-corrected chi connectivity index (χ3v) is 4.57. The molecule has 1 fully saturated rings. The molecule has 0 aliphatic carbocycles. The third-order valence-electron chi connectivity index (χ3n) is 4.32. The number of hydrogen-bond donors (Lipinski definition) is 0. The zero-order valence-electron chi connectivity index (χ0n) is 16.5. The highest BCUT2D eigenvalue weighted by Gasteiger charge is 2.32. The maximum Gasteiger partial charge on any atom is 0.410 e. The molecular formula is C22H26ClNO4. The van der Waals surface area contributed by atoms with E-state index in [1.807, 2.05) is 57.2 Å². The van der Waals surface area contributed by atoms with Crippen molar-refractivity contribution < 1.29 is 19.0 Å². The molecule has 28 heavy (non-hydrogen) atoms. The highest BCUT2D eigenvalue weighted by Crippen LogP contribution is 2.26. The minimum Gasteiger partial charge on any atom is -0.491 e. The van der Waals surface area contributed by atoms with Gasteiger partial charge in [-0.1, -0.05) is 11.6 Å². The first-order chi connectivity index (χ1) is 13.3. The predicted octanol–water partition coefficient (Wildman–Crippen LogP) is 5.91. The number of benzene rings is 2. The average Bonchev–Trinajstić information content (AvgIpc) is 3.10. The highest BCUT2D eigenvalue weighted by molar-refractivity contribution is 6.30. The zero-order chi connectivity index (χ0) is 20.1. The lowest BCUT2D eigenvalue weighted by molar-refractivity contribution is 0.0187. The molecule has 3 rings (SSSR count). The molecule has 0 bridgehead atoms. The van der Waals surface area contributed by atoms with Gasteiger partial charge in [0.1, 0.15) is 29.5 Å². The van der Waals surface area contributed by atoms with Crippen LogP contribution >= 0.6 is 11.6 Å². The van der Waals surface area contributed by atoms with E-state index in [0.717, 1.165) is 24.3 Å². The second-order valence-electron chi connectivity index (χ2n) is 7.81. The molecule has 1 amide bonds. The van der Waals surface area contributed by atoms with E-state index in [1.165, 1.54) is 0 Å². The lowest BCUT2D eigenvalue weighted by Crippen LogP contribution is -2.42. The van der Waals surface area contributed by atoms with Gasteiger partial charge < -0.3 is 19.1 Å². The van der Waals surface area contributed by atoms with Crippen molar-refractivity contribution in [2.45, 2.75) is 45.3 Å². The molecule has 1 heterocycles. The van der Waals surface area contributed by atoms with E-state index < -0.39 is 5.60 Å². The van der Waals surface area contributed by atoms with Gasteiger partial charge in [0.05, 0.1) is 6.04 Å². The fourth-order valence-electron chi connectivity index (χ4n) is 3.00. The SMILES string of the molecule is CC(C)(C)OC(=O)N1CCC[C@H]1COc1ccc(Oc2ccc(Cl)cc2)cc1. The van der Waals surface area contributed by atoms with Gasteiger partial charge in [-0.15, -0.1) is 0 Å². The molecule has 0 aromatic heterocycles. The van der Waals surface area contributed by atoms with Gasteiger partial charge >= 0.3 is 6.09 Å². The summed E-state index contributed by atoms with van der Waals surface area (Å²) in [5.41, 5.74) is -0.495. The molecule has 1 aliphatic heterocycles. The molecule has 0 N–H and O–H groups in total. The van der Waals surface area contributed by atoms with Gasteiger partial charge in [-0.05, 0) is 82.1 Å². The van der Waals surface area contributed by atoms with Crippen LogP contribution in [0, 0.1) is 0 Å². The molecule has 1 atom stereocenters. The van der Waals surface area contributed by atoms with Crippen molar-refractivity contribution in [3.63, 3.8) is 0 Å². The number of carbonyl (C=O) groups excluding carboxylic acids is 1. The van der Waals surface area contributed by atoms with Crippen molar-refractivity contribution in [2.75, 3.05) is 13.2 Å². The van der Waals surface area contributed by atoms with Crippen molar-refractivity contribution in [3.05, 3.63) is 53.6 Å². The van der Waals surface area contributed by atoms with Crippen molar-refractivity contribution in [1.29, 1.82) is 0 Å². The molecule has 0 unspecified atom stereocenters. The Morgan fingerprint density at radius 3 is 2.21 bits per heavy atom. The largest absolute Gasteiger partial charge is 0.491 e. The lowest BCUT2D eigenvalue weighted by atomic mass is 10.2. The van der Waals surface area contributed by atoms with Gasteiger partial charge in [-0.2, -0.15) is 0 Å². The molecule has 0 spiro atoms. The Morgan fingerprint density at radius 2 is 1.61 bits per heavy atom. The predicted molar refractivity (Wildman–Crippen MR) is 109 cm³/mol. The number of ether oxygens (including phenoxy) is 3. The van der Waals surface area contributed by atoms with Crippen molar-refractivity contribution >= 4 is 17.7 Å². The number of rotatable bonds is 5. The van der Waals surface area contributed by atoms with Gasteiger partial charge in [-0.25, -0.2) is 4.79 Å². The summed E-state index contributed by atoms with van der Waals surface area (Å²) in [7, 11) is 0. The van der Waals surface area contributed by atoms with Crippen LogP contribution in [0.5, 0.6) is 17.2 Å². The Morgan fingerprint density at radius 1 is 1.04 bits per heavy atom. The summed E-state index contributed by atoms with van der Waals surface area (Å²) in [5, 5.41) is 0.670. The van der Waals surface area contributed by atoms with E-state index in [9.17, 15) is 4.79 Å². The summed E-state index contributed by atoms with van der Waals surface area (Å²) in [6, 6.07) is 14.7. The van der Waals surface area contributed by atoms with E-state index in [-0.39, 0.29) is 12.1 Å². The number of halogens is 1. The summed E-state index contributed by atoms with van der Waals surface area (Å²) in [6.07, 6.45) is 1.60. The Kier molecular flexibility index (Phi) is 6.35. The molecule has 0 radical (unpaired) electrons. The summed E-state index contributed by atoms with van der Waals surface area (Å²) in [5.74, 6) is 2.17. The molecule has 1 saturated heterocycles. The molecule has 2 aromatic carbocycles. The van der Waals surface area contributed by atoms with Crippen LogP contribution in [-0.4, -0.2) is 35.8 Å². The molecule has 0 saturated carbocycles. The van der Waals surface area contributed by atoms with Crippen molar-refractivity contribution in [3.8, 4) is 17.2 Å². The third kappa shape index (κ3) is 5.80. The quantitative estimate of drug-likeness (QED) is 0.622. The summed E-state index contributed by atoms with van der Waals surface area (Å²) < 4.78 is 17.2. The molecule has 2 aromatic rings. The molecule has 1 aliphatic rings. The molecule has 150 valence electrons. The Labute approximate surface area is 171 Å². The van der Waals surface area contributed by atoms with Crippen LogP contribution in [0.25, 0.3) is 0 Å². The van der Waals surface area contributed by atoms with Gasteiger partial charge in [0.25, 0.3) is 0 Å². The second kappa shape index (κ2) is 8.74. The zero-order valence-corrected chi connectivity index (χ0v) is 17.2. The number of likely N-dealkylation sites (tertiary alicyclic amines) is 1. The standard InChI is InChI=1S/C22H26ClNO4/c1-22(2,3)28-21(25)24-14-4-5-17(24)15-26-18-10-12-20(13-11-18)27-19-8-6-16(23)7-9-19/h6-13,17H,4-5,14-15H2,1-3H3/t17-/m0/s1. The minimum atomic E-state index is -0.495. The second-order valence-corrected chi connectivity index (χ2v) is 8.24.